The molecule has 0 saturated carbocycles. The molecule has 5 nitrogen and oxygen atoms in total. The number of nitrogens with zero attached hydrogens (tertiary/aromatic N) is 1. The normalized spacial score (nSPS) is 16.1. The number of hydrogen-bond donors (Lipinski definition) is 1. The van der Waals surface area contributed by atoms with Crippen LogP contribution >= 0.6 is 11.8 Å². The molecular weight excluding hydrogens is 408 g/mol. The summed E-state index contributed by atoms with van der Waals surface area (Å²) in [7, 11) is 0. The van der Waals surface area contributed by atoms with Gasteiger partial charge in [0.05, 0.1) is 10.9 Å². The molecule has 6 heteroatoms. The molecule has 1 atom stereocenters. The maximum atomic E-state index is 12.7. The number of nitrogens with one attached hydrogen (secondary N) is 1. The van der Waals surface area contributed by atoms with Crippen LogP contribution in [0.5, 0.6) is 0 Å². The van der Waals surface area contributed by atoms with E-state index in [1.54, 1.807) is 42.5 Å². The number of carbonyl (C=O) groups excluding carboxylic acids is 3. The average Bonchev–Trinajstić information content (AvgIpc) is 3.07. The Hall–Kier alpha value is -3.64. The van der Waals surface area contributed by atoms with E-state index in [0.29, 0.717) is 11.4 Å². The second-order valence-electron chi connectivity index (χ2n) is 6.97. The van der Waals surface area contributed by atoms with Gasteiger partial charge in [0.2, 0.25) is 17.7 Å². The molecule has 1 fully saturated rings. The van der Waals surface area contributed by atoms with Gasteiger partial charge in [-0.05, 0) is 48.0 Å². The maximum Gasteiger partial charge on any atom is 0.248 e. The summed E-state index contributed by atoms with van der Waals surface area (Å²) in [4.78, 5) is 39.3. The van der Waals surface area contributed by atoms with Crippen molar-refractivity contribution < 1.29 is 14.4 Å². The number of imide groups is 1. The molecule has 154 valence electrons. The van der Waals surface area contributed by atoms with E-state index in [1.807, 2.05) is 48.5 Å². The molecule has 31 heavy (non-hydrogen) atoms. The third kappa shape index (κ3) is 5.10. The molecule has 1 aliphatic heterocycles. The first-order chi connectivity index (χ1) is 15.1. The number of hydrogen-bond acceptors (Lipinski definition) is 4. The summed E-state index contributed by atoms with van der Waals surface area (Å²) in [6.07, 6.45) is 3.40. The van der Waals surface area contributed by atoms with E-state index in [1.165, 1.54) is 22.7 Å². The van der Waals surface area contributed by atoms with Gasteiger partial charge in [-0.15, -0.1) is 11.8 Å². The molecule has 0 aliphatic carbocycles. The van der Waals surface area contributed by atoms with Crippen molar-refractivity contribution in [2.75, 3.05) is 10.2 Å². The second-order valence-corrected chi connectivity index (χ2v) is 8.25. The lowest BCUT2D eigenvalue weighted by atomic mass is 10.2. The third-order valence-corrected chi connectivity index (χ3v) is 5.94. The highest BCUT2D eigenvalue weighted by molar-refractivity contribution is 8.00. The second kappa shape index (κ2) is 9.45. The van der Waals surface area contributed by atoms with Crippen molar-refractivity contribution in [2.45, 2.75) is 16.6 Å². The van der Waals surface area contributed by atoms with Crippen LogP contribution in [-0.2, 0) is 14.4 Å². The molecule has 1 heterocycles. The zero-order valence-corrected chi connectivity index (χ0v) is 17.4. The zero-order valence-electron chi connectivity index (χ0n) is 16.6. The number of anilines is 2. The summed E-state index contributed by atoms with van der Waals surface area (Å²) in [6, 6.07) is 25.8. The predicted octanol–water partition coefficient (Wildman–Crippen LogP) is 4.76. The van der Waals surface area contributed by atoms with Crippen LogP contribution in [0.3, 0.4) is 0 Å². The van der Waals surface area contributed by atoms with Crippen LogP contribution in [-0.4, -0.2) is 23.0 Å². The van der Waals surface area contributed by atoms with Crippen molar-refractivity contribution in [1.29, 1.82) is 0 Å². The standard InChI is InChI=1S/C25H20N2O3S/c28-23(16-11-18-7-3-1-4-8-18)26-19-12-14-21(15-13-19)31-22-17-24(29)27(25(22)30)20-9-5-2-6-10-20/h1-16,22H,17H2,(H,26,28)/b16-11+. The van der Waals surface area contributed by atoms with Crippen molar-refractivity contribution in [3.05, 3.63) is 96.6 Å². The molecule has 3 aromatic carbocycles. The highest BCUT2D eigenvalue weighted by Crippen LogP contribution is 2.34. The van der Waals surface area contributed by atoms with Crippen molar-refractivity contribution in [3.8, 4) is 0 Å². The van der Waals surface area contributed by atoms with Crippen LogP contribution in [0.1, 0.15) is 12.0 Å². The molecule has 4 rings (SSSR count). The van der Waals surface area contributed by atoms with Crippen LogP contribution in [0.15, 0.2) is 95.9 Å². The topological polar surface area (TPSA) is 66.5 Å². The van der Waals surface area contributed by atoms with Gasteiger partial charge < -0.3 is 5.32 Å². The monoisotopic (exact) mass is 428 g/mol. The number of thioether (sulfide) groups is 1. The smallest absolute Gasteiger partial charge is 0.248 e. The minimum absolute atomic E-state index is 0.168. The van der Waals surface area contributed by atoms with Gasteiger partial charge in [0.1, 0.15) is 0 Å². The average molecular weight is 429 g/mol. The van der Waals surface area contributed by atoms with Gasteiger partial charge in [0.15, 0.2) is 0 Å². The molecule has 3 aromatic rings. The van der Waals surface area contributed by atoms with Crippen molar-refractivity contribution in [2.24, 2.45) is 0 Å². The molecular formula is C25H20N2O3S. The van der Waals surface area contributed by atoms with E-state index in [4.69, 9.17) is 0 Å². The first kappa shape index (κ1) is 20.6. The van der Waals surface area contributed by atoms with Crippen molar-refractivity contribution in [3.63, 3.8) is 0 Å². The highest BCUT2D eigenvalue weighted by atomic mass is 32.2. The van der Waals surface area contributed by atoms with Crippen LogP contribution in [0, 0.1) is 0 Å². The van der Waals surface area contributed by atoms with E-state index >= 15 is 0 Å². The lowest BCUT2D eigenvalue weighted by Gasteiger charge is -2.14. The van der Waals surface area contributed by atoms with E-state index in [-0.39, 0.29) is 24.1 Å². The fraction of sp³-hybridized carbons (Fsp3) is 0.0800. The summed E-state index contributed by atoms with van der Waals surface area (Å²) >= 11 is 1.36. The minimum Gasteiger partial charge on any atom is -0.323 e. The predicted molar refractivity (Wildman–Crippen MR) is 124 cm³/mol. The third-order valence-electron chi connectivity index (χ3n) is 4.75. The number of amides is 3. The molecule has 1 aliphatic rings. The lowest BCUT2D eigenvalue weighted by molar-refractivity contribution is -0.121. The van der Waals surface area contributed by atoms with Gasteiger partial charge in [-0.3, -0.25) is 14.4 Å². The summed E-state index contributed by atoms with van der Waals surface area (Å²) in [6.45, 7) is 0. The van der Waals surface area contributed by atoms with E-state index in [2.05, 4.69) is 5.32 Å². The summed E-state index contributed by atoms with van der Waals surface area (Å²) in [5.74, 6) is -0.619. The van der Waals surface area contributed by atoms with Gasteiger partial charge in [-0.2, -0.15) is 0 Å². The summed E-state index contributed by atoms with van der Waals surface area (Å²) in [5.41, 5.74) is 2.21. The van der Waals surface area contributed by atoms with Crippen LogP contribution in [0.4, 0.5) is 11.4 Å². The Bertz CT molecular complexity index is 1110. The van der Waals surface area contributed by atoms with E-state index in [0.717, 1.165) is 10.5 Å². The largest absolute Gasteiger partial charge is 0.323 e. The highest BCUT2D eigenvalue weighted by Gasteiger charge is 2.40. The Morgan fingerprint density at radius 3 is 2.23 bits per heavy atom. The fourth-order valence-electron chi connectivity index (χ4n) is 3.25. The number of benzene rings is 3. The molecule has 0 bridgehead atoms. The minimum atomic E-state index is -0.457. The Morgan fingerprint density at radius 2 is 1.55 bits per heavy atom. The zero-order chi connectivity index (χ0) is 21.6. The number of carbonyl (C=O) groups is 3. The Balaban J connectivity index is 1.35. The van der Waals surface area contributed by atoms with Crippen molar-refractivity contribution >= 4 is 46.9 Å². The number of para-hydroxylation sites is 1. The molecule has 0 radical (unpaired) electrons. The van der Waals surface area contributed by atoms with E-state index in [9.17, 15) is 14.4 Å². The molecule has 1 N–H and O–H groups in total. The summed E-state index contributed by atoms with van der Waals surface area (Å²) < 4.78 is 0. The number of rotatable bonds is 6. The maximum absolute atomic E-state index is 12.7. The fourth-order valence-corrected chi connectivity index (χ4v) is 4.30. The van der Waals surface area contributed by atoms with E-state index < -0.39 is 5.25 Å². The van der Waals surface area contributed by atoms with Crippen LogP contribution in [0.25, 0.3) is 6.08 Å². The SMILES string of the molecule is O=C(/C=C/c1ccccc1)Nc1ccc(SC2CC(=O)N(c3ccccc3)C2=O)cc1. The molecule has 0 spiro atoms. The lowest BCUT2D eigenvalue weighted by Crippen LogP contribution is -2.30. The molecule has 0 aromatic heterocycles. The molecule has 1 saturated heterocycles. The van der Waals surface area contributed by atoms with Gasteiger partial charge in [-0.25, -0.2) is 4.90 Å². The quantitative estimate of drug-likeness (QED) is 0.454. The van der Waals surface area contributed by atoms with Gasteiger partial charge in [-0.1, -0.05) is 48.5 Å². The summed E-state index contributed by atoms with van der Waals surface area (Å²) in [5, 5.41) is 2.36. The Morgan fingerprint density at radius 1 is 0.903 bits per heavy atom. The van der Waals surface area contributed by atoms with Gasteiger partial charge in [0.25, 0.3) is 0 Å². The molecule has 3 amide bonds. The van der Waals surface area contributed by atoms with Crippen LogP contribution in [0.2, 0.25) is 0 Å². The first-order valence-electron chi connectivity index (χ1n) is 9.83. The first-order valence-corrected chi connectivity index (χ1v) is 10.7. The van der Waals surface area contributed by atoms with Crippen LogP contribution < -0.4 is 10.2 Å². The Labute approximate surface area is 184 Å². The van der Waals surface area contributed by atoms with Gasteiger partial charge >= 0.3 is 0 Å². The molecule has 1 unspecified atom stereocenters. The van der Waals surface area contributed by atoms with Gasteiger partial charge in [0, 0.05) is 23.1 Å². The van der Waals surface area contributed by atoms with Crippen molar-refractivity contribution in [1.82, 2.24) is 0 Å². The Kier molecular flexibility index (Phi) is 6.29.